The summed E-state index contributed by atoms with van der Waals surface area (Å²) in [5.41, 5.74) is -0.946. The lowest BCUT2D eigenvalue weighted by Gasteiger charge is -2.20. The first-order chi connectivity index (χ1) is 14.2. The lowest BCUT2D eigenvalue weighted by Crippen LogP contribution is -2.39. The second kappa shape index (κ2) is 10.5. The van der Waals surface area contributed by atoms with Gasteiger partial charge in [-0.05, 0) is 92.0 Å². The molecule has 0 aliphatic heterocycles. The van der Waals surface area contributed by atoms with Crippen molar-refractivity contribution in [3.8, 4) is 5.75 Å². The molecule has 0 bridgehead atoms. The van der Waals surface area contributed by atoms with E-state index >= 15 is 0 Å². The van der Waals surface area contributed by atoms with Gasteiger partial charge in [-0.25, -0.2) is 9.59 Å². The molecular formula is C17H10F3I3O7S. The summed E-state index contributed by atoms with van der Waals surface area (Å²) in [5, 5.41) is 0. The van der Waals surface area contributed by atoms with Crippen molar-refractivity contribution in [3.63, 3.8) is 0 Å². The van der Waals surface area contributed by atoms with E-state index in [9.17, 15) is 31.2 Å². The summed E-state index contributed by atoms with van der Waals surface area (Å²) in [7, 11) is -5.11. The molecule has 0 aliphatic carbocycles. The molecule has 31 heavy (non-hydrogen) atoms. The first-order valence-corrected chi connectivity index (χ1v) is 12.7. The Morgan fingerprint density at radius 1 is 1.00 bits per heavy atom. The molecule has 0 heterocycles. The van der Waals surface area contributed by atoms with E-state index in [2.05, 4.69) is 27.3 Å². The molecule has 2 rings (SSSR count). The summed E-state index contributed by atoms with van der Waals surface area (Å²) in [6, 6.07) is 8.28. The van der Waals surface area contributed by atoms with Gasteiger partial charge in [-0.15, -0.1) is 0 Å². The molecule has 14 heteroatoms. The van der Waals surface area contributed by atoms with Gasteiger partial charge in [0.1, 0.15) is 5.75 Å². The van der Waals surface area contributed by atoms with Crippen molar-refractivity contribution in [1.29, 1.82) is 0 Å². The van der Waals surface area contributed by atoms with Crippen molar-refractivity contribution in [2.45, 2.75) is 12.3 Å². The highest BCUT2D eigenvalue weighted by Gasteiger charge is 2.45. The monoisotopic (exact) mass is 796 g/mol. The average molecular weight is 796 g/mol. The summed E-state index contributed by atoms with van der Waals surface area (Å²) >= 11 is 5.95. The maximum absolute atomic E-state index is 13.0. The van der Waals surface area contributed by atoms with Crippen molar-refractivity contribution < 1.29 is 45.2 Å². The molecule has 0 fully saturated rings. The van der Waals surface area contributed by atoms with E-state index in [1.165, 1.54) is 12.1 Å². The molecule has 0 amide bonds. The van der Waals surface area contributed by atoms with Crippen LogP contribution < -0.4 is 4.74 Å². The molecule has 0 spiro atoms. The molecular weight excluding hydrogens is 786 g/mol. The molecule has 168 valence electrons. The zero-order chi connectivity index (χ0) is 23.6. The van der Waals surface area contributed by atoms with Gasteiger partial charge < -0.3 is 9.47 Å². The van der Waals surface area contributed by atoms with Gasteiger partial charge in [-0.1, -0.05) is 12.1 Å². The Hall–Kier alpha value is -0.730. The Morgan fingerprint density at radius 3 is 1.94 bits per heavy atom. The van der Waals surface area contributed by atoms with E-state index in [1.807, 2.05) is 45.2 Å². The van der Waals surface area contributed by atoms with Crippen LogP contribution in [0.25, 0.3) is 0 Å². The van der Waals surface area contributed by atoms with Crippen LogP contribution in [-0.4, -0.2) is 42.9 Å². The van der Waals surface area contributed by atoms with Crippen LogP contribution in [0.1, 0.15) is 20.7 Å². The molecule has 0 saturated carbocycles. The van der Waals surface area contributed by atoms with Crippen molar-refractivity contribution in [1.82, 2.24) is 0 Å². The SMILES string of the molecule is O=C(Oc1c(I)cc(I)cc1I)c1ccccc1C(=O)OC(CS(=O)(=O)O)C(F)(F)F. The minimum absolute atomic E-state index is 0.203. The molecule has 0 radical (unpaired) electrons. The average Bonchev–Trinajstić information content (AvgIpc) is 2.62. The van der Waals surface area contributed by atoms with Crippen LogP contribution in [0, 0.1) is 10.7 Å². The van der Waals surface area contributed by atoms with Crippen LogP contribution in [0.2, 0.25) is 0 Å². The fourth-order valence-corrected chi connectivity index (χ4v) is 6.64. The molecule has 0 saturated heterocycles. The molecule has 2 aromatic rings. The van der Waals surface area contributed by atoms with Crippen molar-refractivity contribution in [2.24, 2.45) is 0 Å². The number of benzene rings is 2. The maximum atomic E-state index is 13.0. The van der Waals surface area contributed by atoms with E-state index in [4.69, 9.17) is 9.29 Å². The number of carbonyl (C=O) groups is 2. The Morgan fingerprint density at radius 2 is 1.48 bits per heavy atom. The molecule has 1 unspecified atom stereocenters. The van der Waals surface area contributed by atoms with E-state index in [1.54, 1.807) is 12.1 Å². The Bertz CT molecular complexity index is 1100. The van der Waals surface area contributed by atoms with E-state index in [0.29, 0.717) is 7.14 Å². The third-order valence-electron chi connectivity index (χ3n) is 3.50. The van der Waals surface area contributed by atoms with Crippen LogP contribution >= 0.6 is 67.8 Å². The van der Waals surface area contributed by atoms with Gasteiger partial charge in [0.25, 0.3) is 10.1 Å². The Labute approximate surface area is 215 Å². The van der Waals surface area contributed by atoms with Crippen molar-refractivity contribution >= 4 is 89.8 Å². The standard InChI is InChI=1S/C17H10F3I3O7S/c18-17(19,20)13(7-31(26,27)28)29-15(24)9-3-1-2-4-10(9)16(25)30-14-11(22)5-8(21)6-12(14)23/h1-6,13H,7H2,(H,26,27,28). The first kappa shape index (κ1) is 26.5. The third-order valence-corrected chi connectivity index (χ3v) is 6.45. The van der Waals surface area contributed by atoms with Crippen molar-refractivity contribution in [3.05, 3.63) is 58.2 Å². The van der Waals surface area contributed by atoms with Crippen LogP contribution in [0.5, 0.6) is 5.75 Å². The summed E-state index contributed by atoms with van der Waals surface area (Å²) in [6.07, 6.45) is -8.40. The van der Waals surface area contributed by atoms with Crippen molar-refractivity contribution in [2.75, 3.05) is 5.75 Å². The minimum atomic E-state index is -5.27. The van der Waals surface area contributed by atoms with Gasteiger partial charge in [0.15, 0.2) is 5.75 Å². The first-order valence-electron chi connectivity index (χ1n) is 7.87. The number of alkyl halides is 3. The fraction of sp³-hybridized carbons (Fsp3) is 0.176. The zero-order valence-corrected chi connectivity index (χ0v) is 22.1. The number of hydrogen-bond acceptors (Lipinski definition) is 6. The smallest absolute Gasteiger partial charge is 0.426 e. The quantitative estimate of drug-likeness (QED) is 0.196. The Kier molecular flexibility index (Phi) is 8.96. The minimum Gasteiger partial charge on any atom is -0.448 e. The largest absolute Gasteiger partial charge is 0.448 e. The lowest BCUT2D eigenvalue weighted by atomic mass is 10.1. The van der Waals surface area contributed by atoms with E-state index < -0.39 is 45.7 Å². The second-order valence-electron chi connectivity index (χ2n) is 5.82. The van der Waals surface area contributed by atoms with Gasteiger partial charge in [0.05, 0.1) is 18.3 Å². The summed E-state index contributed by atoms with van der Waals surface area (Å²) in [4.78, 5) is 25.0. The molecule has 1 N–H and O–H groups in total. The topological polar surface area (TPSA) is 107 Å². The lowest BCUT2D eigenvalue weighted by molar-refractivity contribution is -0.197. The summed E-state index contributed by atoms with van der Waals surface area (Å²) in [6.45, 7) is 0. The van der Waals surface area contributed by atoms with Gasteiger partial charge in [-0.3, -0.25) is 4.55 Å². The highest BCUT2D eigenvalue weighted by Crippen LogP contribution is 2.31. The molecule has 0 aliphatic rings. The molecule has 1 atom stereocenters. The van der Waals surface area contributed by atoms with E-state index in [-0.39, 0.29) is 11.3 Å². The summed E-state index contributed by atoms with van der Waals surface area (Å²) in [5.74, 6) is -4.31. The highest BCUT2D eigenvalue weighted by atomic mass is 127. The number of halogens is 6. The predicted octanol–water partition coefficient (Wildman–Crippen LogP) is 4.70. The number of rotatable bonds is 6. The van der Waals surface area contributed by atoms with Gasteiger partial charge >= 0.3 is 18.1 Å². The van der Waals surface area contributed by atoms with Crippen LogP contribution in [0.4, 0.5) is 13.2 Å². The van der Waals surface area contributed by atoms with E-state index in [0.717, 1.165) is 15.7 Å². The second-order valence-corrected chi connectivity index (χ2v) is 10.9. The van der Waals surface area contributed by atoms with Crippen LogP contribution in [-0.2, 0) is 14.9 Å². The predicted molar refractivity (Wildman–Crippen MR) is 128 cm³/mol. The van der Waals surface area contributed by atoms with Crippen LogP contribution in [0.3, 0.4) is 0 Å². The normalized spacial score (nSPS) is 12.9. The molecule has 2 aromatic carbocycles. The van der Waals surface area contributed by atoms with Crippen LogP contribution in [0.15, 0.2) is 36.4 Å². The fourth-order valence-electron chi connectivity index (χ4n) is 2.19. The summed E-state index contributed by atoms with van der Waals surface area (Å²) < 4.78 is 81.2. The third kappa shape index (κ3) is 7.67. The number of carbonyl (C=O) groups excluding carboxylic acids is 2. The maximum Gasteiger partial charge on any atom is 0.426 e. The van der Waals surface area contributed by atoms with Gasteiger partial charge in [-0.2, -0.15) is 21.6 Å². The van der Waals surface area contributed by atoms with Gasteiger partial charge in [0.2, 0.25) is 6.10 Å². The molecule has 0 aromatic heterocycles. The van der Waals surface area contributed by atoms with Gasteiger partial charge in [0, 0.05) is 3.57 Å². The number of ether oxygens (including phenoxy) is 2. The number of hydrogen-bond donors (Lipinski definition) is 1. The zero-order valence-electron chi connectivity index (χ0n) is 14.8. The highest BCUT2D eigenvalue weighted by molar-refractivity contribution is 14.1. The molecule has 7 nitrogen and oxygen atoms in total. The number of esters is 2. The Balaban J connectivity index is 2.34.